The van der Waals surface area contributed by atoms with Crippen LogP contribution in [0.5, 0.6) is 5.75 Å². The predicted octanol–water partition coefficient (Wildman–Crippen LogP) is 6.78. The highest BCUT2D eigenvalue weighted by molar-refractivity contribution is 5.41. The summed E-state index contributed by atoms with van der Waals surface area (Å²) in [5, 5.41) is 0. The minimum absolute atomic E-state index is 0.0323. The van der Waals surface area contributed by atoms with Crippen molar-refractivity contribution in [1.82, 2.24) is 0 Å². The van der Waals surface area contributed by atoms with Gasteiger partial charge in [-0.1, -0.05) is 55.0 Å². The smallest absolute Gasteiger partial charge is 0.201 e. The molecule has 0 N–H and O–H groups in total. The third-order valence-electron chi connectivity index (χ3n) is 5.49. The van der Waals surface area contributed by atoms with Crippen LogP contribution in [0.2, 0.25) is 0 Å². The Labute approximate surface area is 167 Å². The van der Waals surface area contributed by atoms with Gasteiger partial charge in [-0.15, -0.1) is 0 Å². The average Bonchev–Trinajstić information content (AvgIpc) is 2.72. The Morgan fingerprint density at radius 2 is 1.68 bits per heavy atom. The fraction of sp³-hybridized carbons (Fsp3) is 0.440. The van der Waals surface area contributed by atoms with E-state index in [0.717, 1.165) is 38.5 Å². The maximum atomic E-state index is 14.3. The molecule has 0 amide bonds. The van der Waals surface area contributed by atoms with Crippen molar-refractivity contribution in [3.63, 3.8) is 0 Å². The first-order chi connectivity index (χ1) is 13.6. The minimum Gasteiger partial charge on any atom is -0.490 e. The van der Waals surface area contributed by atoms with E-state index in [1.807, 2.05) is 6.92 Å². The monoisotopic (exact) mass is 382 g/mol. The molecule has 148 valence electrons. The SMILES string of the molecule is CCCCOc1ccc(C#C[C@H]2CC[C@H](c3ccc(C)cc3)CC2)c(F)c1F. The Morgan fingerprint density at radius 1 is 0.964 bits per heavy atom. The van der Waals surface area contributed by atoms with E-state index in [0.29, 0.717) is 12.5 Å². The molecule has 0 heterocycles. The minimum atomic E-state index is -0.939. The lowest BCUT2D eigenvalue weighted by atomic mass is 9.79. The summed E-state index contributed by atoms with van der Waals surface area (Å²) in [7, 11) is 0. The molecular formula is C25H28F2O. The summed E-state index contributed by atoms with van der Waals surface area (Å²) in [6, 6.07) is 11.8. The van der Waals surface area contributed by atoms with E-state index < -0.39 is 11.6 Å². The van der Waals surface area contributed by atoms with Crippen LogP contribution in [-0.4, -0.2) is 6.61 Å². The molecule has 1 aliphatic rings. The van der Waals surface area contributed by atoms with Gasteiger partial charge in [-0.25, -0.2) is 4.39 Å². The van der Waals surface area contributed by atoms with Crippen molar-refractivity contribution in [2.45, 2.75) is 58.3 Å². The second-order valence-corrected chi connectivity index (χ2v) is 7.67. The number of rotatable bonds is 5. The molecule has 3 rings (SSSR count). The van der Waals surface area contributed by atoms with Crippen LogP contribution in [0, 0.1) is 36.3 Å². The largest absolute Gasteiger partial charge is 0.490 e. The van der Waals surface area contributed by atoms with Gasteiger partial charge < -0.3 is 4.74 Å². The molecule has 0 bridgehead atoms. The maximum absolute atomic E-state index is 14.3. The van der Waals surface area contributed by atoms with Crippen LogP contribution in [0.1, 0.15) is 68.1 Å². The van der Waals surface area contributed by atoms with Gasteiger partial charge in [0.15, 0.2) is 11.6 Å². The van der Waals surface area contributed by atoms with Crippen molar-refractivity contribution in [3.8, 4) is 17.6 Å². The number of aryl methyl sites for hydroxylation is 1. The molecule has 0 aliphatic heterocycles. The molecule has 28 heavy (non-hydrogen) atoms. The lowest BCUT2D eigenvalue weighted by molar-refractivity contribution is 0.288. The summed E-state index contributed by atoms with van der Waals surface area (Å²) >= 11 is 0. The summed E-state index contributed by atoms with van der Waals surface area (Å²) < 4.78 is 33.7. The predicted molar refractivity (Wildman–Crippen MR) is 110 cm³/mol. The first-order valence-electron chi connectivity index (χ1n) is 10.3. The topological polar surface area (TPSA) is 9.23 Å². The highest BCUT2D eigenvalue weighted by Crippen LogP contribution is 2.35. The van der Waals surface area contributed by atoms with Gasteiger partial charge in [-0.05, 0) is 62.6 Å². The zero-order chi connectivity index (χ0) is 19.9. The van der Waals surface area contributed by atoms with E-state index in [1.54, 1.807) is 0 Å². The molecule has 1 saturated carbocycles. The Bertz CT molecular complexity index is 837. The second-order valence-electron chi connectivity index (χ2n) is 7.67. The van der Waals surface area contributed by atoms with Gasteiger partial charge >= 0.3 is 0 Å². The summed E-state index contributed by atoms with van der Waals surface area (Å²) in [5.74, 6) is 4.96. The molecule has 1 nitrogen and oxygen atoms in total. The molecule has 1 fully saturated rings. The number of halogens is 2. The van der Waals surface area contributed by atoms with Gasteiger partial charge in [-0.3, -0.25) is 0 Å². The first kappa shape index (κ1) is 20.4. The molecule has 1 aliphatic carbocycles. The van der Waals surface area contributed by atoms with Crippen molar-refractivity contribution in [1.29, 1.82) is 0 Å². The van der Waals surface area contributed by atoms with E-state index in [-0.39, 0.29) is 17.2 Å². The van der Waals surface area contributed by atoms with Gasteiger partial charge in [-0.2, -0.15) is 4.39 Å². The Morgan fingerprint density at radius 3 is 2.36 bits per heavy atom. The molecular weight excluding hydrogens is 354 g/mol. The normalized spacial score (nSPS) is 19.0. The van der Waals surface area contributed by atoms with Crippen molar-refractivity contribution in [2.75, 3.05) is 6.61 Å². The number of unbranched alkanes of at least 4 members (excludes halogenated alkanes) is 1. The average molecular weight is 382 g/mol. The fourth-order valence-corrected chi connectivity index (χ4v) is 3.66. The van der Waals surface area contributed by atoms with E-state index in [4.69, 9.17) is 4.74 Å². The van der Waals surface area contributed by atoms with Gasteiger partial charge in [0.05, 0.1) is 12.2 Å². The molecule has 0 saturated heterocycles. The van der Waals surface area contributed by atoms with Crippen molar-refractivity contribution in [2.24, 2.45) is 5.92 Å². The molecule has 0 atom stereocenters. The zero-order valence-corrected chi connectivity index (χ0v) is 16.7. The summed E-state index contributed by atoms with van der Waals surface area (Å²) in [6.07, 6.45) is 5.92. The van der Waals surface area contributed by atoms with E-state index in [1.165, 1.54) is 23.3 Å². The van der Waals surface area contributed by atoms with E-state index in [2.05, 4.69) is 43.0 Å². The Kier molecular flexibility index (Phi) is 7.09. The third kappa shape index (κ3) is 5.13. The first-order valence-corrected chi connectivity index (χ1v) is 10.3. The molecule has 0 spiro atoms. The number of hydrogen-bond acceptors (Lipinski definition) is 1. The van der Waals surface area contributed by atoms with Gasteiger partial charge in [0.1, 0.15) is 0 Å². The van der Waals surface area contributed by atoms with E-state index >= 15 is 0 Å². The van der Waals surface area contributed by atoms with Crippen molar-refractivity contribution < 1.29 is 13.5 Å². The quantitative estimate of drug-likeness (QED) is 0.409. The number of benzene rings is 2. The number of ether oxygens (including phenoxy) is 1. The van der Waals surface area contributed by atoms with Crippen molar-refractivity contribution in [3.05, 3.63) is 64.7 Å². The van der Waals surface area contributed by atoms with Crippen LogP contribution in [-0.2, 0) is 0 Å². The van der Waals surface area contributed by atoms with Crippen molar-refractivity contribution >= 4 is 0 Å². The van der Waals surface area contributed by atoms with Gasteiger partial charge in [0.2, 0.25) is 5.82 Å². The molecule has 2 aromatic carbocycles. The standard InChI is InChI=1S/C25H28F2O/c1-3-4-17-28-23-16-15-22(24(26)25(23)27)14-9-19-7-12-21(13-8-19)20-10-5-18(2)6-11-20/h5-6,10-11,15-16,19,21H,3-4,7-8,12-13,17H2,1-2H3/t19-,21-. The highest BCUT2D eigenvalue weighted by Gasteiger charge is 2.21. The lowest BCUT2D eigenvalue weighted by Crippen LogP contribution is -2.12. The zero-order valence-electron chi connectivity index (χ0n) is 16.7. The third-order valence-corrected chi connectivity index (χ3v) is 5.49. The highest BCUT2D eigenvalue weighted by atomic mass is 19.2. The van der Waals surface area contributed by atoms with Gasteiger partial charge in [0, 0.05) is 5.92 Å². The lowest BCUT2D eigenvalue weighted by Gasteiger charge is -2.26. The number of hydrogen-bond donors (Lipinski definition) is 0. The molecule has 0 radical (unpaired) electrons. The van der Waals surface area contributed by atoms with Gasteiger partial charge in [0.25, 0.3) is 0 Å². The van der Waals surface area contributed by atoms with Crippen LogP contribution in [0.15, 0.2) is 36.4 Å². The maximum Gasteiger partial charge on any atom is 0.201 e. The van der Waals surface area contributed by atoms with Crippen LogP contribution >= 0.6 is 0 Å². The molecule has 3 heteroatoms. The molecule has 0 unspecified atom stereocenters. The molecule has 0 aromatic heterocycles. The van der Waals surface area contributed by atoms with Crippen LogP contribution in [0.25, 0.3) is 0 Å². The summed E-state index contributed by atoms with van der Waals surface area (Å²) in [4.78, 5) is 0. The second kappa shape index (κ2) is 9.73. The molecule has 2 aromatic rings. The Hall–Kier alpha value is -2.34. The van der Waals surface area contributed by atoms with Crippen LogP contribution < -0.4 is 4.74 Å². The van der Waals surface area contributed by atoms with E-state index in [9.17, 15) is 8.78 Å². The van der Waals surface area contributed by atoms with Crippen LogP contribution in [0.4, 0.5) is 8.78 Å². The fourth-order valence-electron chi connectivity index (χ4n) is 3.66. The van der Waals surface area contributed by atoms with Crippen LogP contribution in [0.3, 0.4) is 0 Å². The summed E-state index contributed by atoms with van der Waals surface area (Å²) in [5.41, 5.74) is 2.78. The summed E-state index contributed by atoms with van der Waals surface area (Å²) in [6.45, 7) is 4.51. The Balaban J connectivity index is 1.60.